The van der Waals surface area contributed by atoms with E-state index in [2.05, 4.69) is 31.1 Å². The molecule has 0 saturated carbocycles. The summed E-state index contributed by atoms with van der Waals surface area (Å²) in [6, 6.07) is 15.3. The Morgan fingerprint density at radius 1 is 0.933 bits per heavy atom. The van der Waals surface area contributed by atoms with E-state index in [0.717, 1.165) is 16.9 Å². The number of nitrogens with one attached hydrogen (secondary N) is 3. The summed E-state index contributed by atoms with van der Waals surface area (Å²) in [7, 11) is 1.64. The summed E-state index contributed by atoms with van der Waals surface area (Å²) in [5.41, 5.74) is 2.20. The van der Waals surface area contributed by atoms with Crippen LogP contribution >= 0.6 is 0 Å². The third-order valence-electron chi connectivity index (χ3n) is 4.39. The first kappa shape index (κ1) is 21.0. The van der Waals surface area contributed by atoms with E-state index in [1.165, 1.54) is 0 Å². The molecule has 0 radical (unpaired) electrons. The summed E-state index contributed by atoms with van der Waals surface area (Å²) in [4.78, 5) is 16.3. The van der Waals surface area contributed by atoms with E-state index in [1.54, 1.807) is 13.3 Å². The molecule has 30 heavy (non-hydrogen) atoms. The standard InChI is InChI=1S/C22H26N6O2/c1-16-3-9-19(25-15-16)26-21-11-10-20(27-28-21)23-13-14-24-22(29)12-6-17-4-7-18(30-2)8-5-17/h3-5,7-11,15H,6,12-14H2,1-2H3,(H,23,27)(H,24,29)(H,25,26,28). The lowest BCUT2D eigenvalue weighted by Crippen LogP contribution is -2.29. The Balaban J connectivity index is 1.33. The summed E-state index contributed by atoms with van der Waals surface area (Å²) in [6.45, 7) is 3.06. The number of aryl methyl sites for hydroxylation is 2. The molecule has 0 saturated heterocycles. The fourth-order valence-electron chi connectivity index (χ4n) is 2.70. The van der Waals surface area contributed by atoms with Crippen LogP contribution in [0.4, 0.5) is 17.5 Å². The Bertz CT molecular complexity index is 927. The van der Waals surface area contributed by atoms with Crippen molar-refractivity contribution in [3.63, 3.8) is 0 Å². The van der Waals surface area contributed by atoms with Gasteiger partial charge in [-0.05, 0) is 54.8 Å². The van der Waals surface area contributed by atoms with E-state index in [1.807, 2.05) is 55.5 Å². The van der Waals surface area contributed by atoms with Crippen molar-refractivity contribution < 1.29 is 9.53 Å². The molecule has 8 nitrogen and oxygen atoms in total. The van der Waals surface area contributed by atoms with Crippen LogP contribution in [0.2, 0.25) is 0 Å². The first-order valence-electron chi connectivity index (χ1n) is 9.79. The summed E-state index contributed by atoms with van der Waals surface area (Å²) in [5.74, 6) is 2.80. The first-order chi connectivity index (χ1) is 14.6. The molecule has 0 aliphatic carbocycles. The molecule has 0 aliphatic rings. The maximum atomic E-state index is 12.0. The smallest absolute Gasteiger partial charge is 0.220 e. The van der Waals surface area contributed by atoms with Crippen LogP contribution in [0.1, 0.15) is 17.5 Å². The highest BCUT2D eigenvalue weighted by molar-refractivity contribution is 5.76. The second kappa shape index (κ2) is 10.8. The summed E-state index contributed by atoms with van der Waals surface area (Å²) < 4.78 is 5.13. The number of aromatic nitrogens is 3. The topological polar surface area (TPSA) is 101 Å². The number of anilines is 3. The maximum absolute atomic E-state index is 12.0. The number of benzene rings is 1. The number of methoxy groups -OCH3 is 1. The number of hydrogen-bond donors (Lipinski definition) is 3. The zero-order valence-electron chi connectivity index (χ0n) is 17.2. The van der Waals surface area contributed by atoms with Crippen LogP contribution in [0.5, 0.6) is 5.75 Å². The minimum atomic E-state index is 0.0175. The minimum Gasteiger partial charge on any atom is -0.497 e. The molecule has 2 heterocycles. The average molecular weight is 406 g/mol. The number of carbonyl (C=O) groups is 1. The van der Waals surface area contributed by atoms with Gasteiger partial charge in [-0.2, -0.15) is 0 Å². The molecule has 0 fully saturated rings. The zero-order valence-corrected chi connectivity index (χ0v) is 17.2. The highest BCUT2D eigenvalue weighted by atomic mass is 16.5. The molecular formula is C22H26N6O2. The molecule has 1 amide bonds. The normalized spacial score (nSPS) is 10.3. The van der Waals surface area contributed by atoms with Crippen LogP contribution in [0.25, 0.3) is 0 Å². The van der Waals surface area contributed by atoms with Crippen molar-refractivity contribution in [2.45, 2.75) is 19.8 Å². The van der Waals surface area contributed by atoms with Gasteiger partial charge in [-0.15, -0.1) is 10.2 Å². The van der Waals surface area contributed by atoms with Crippen LogP contribution in [-0.4, -0.2) is 41.3 Å². The summed E-state index contributed by atoms with van der Waals surface area (Å²) >= 11 is 0. The Morgan fingerprint density at radius 2 is 1.67 bits per heavy atom. The van der Waals surface area contributed by atoms with Gasteiger partial charge < -0.3 is 20.7 Å². The van der Waals surface area contributed by atoms with Gasteiger partial charge in [0.25, 0.3) is 0 Å². The highest BCUT2D eigenvalue weighted by Gasteiger charge is 2.03. The van der Waals surface area contributed by atoms with Crippen molar-refractivity contribution in [2.24, 2.45) is 0 Å². The van der Waals surface area contributed by atoms with Gasteiger partial charge in [0.1, 0.15) is 17.4 Å². The third kappa shape index (κ3) is 6.73. The molecule has 0 aliphatic heterocycles. The van der Waals surface area contributed by atoms with Crippen LogP contribution in [0.15, 0.2) is 54.7 Å². The van der Waals surface area contributed by atoms with Crippen LogP contribution in [0, 0.1) is 6.92 Å². The van der Waals surface area contributed by atoms with E-state index >= 15 is 0 Å². The molecule has 3 aromatic rings. The van der Waals surface area contributed by atoms with E-state index in [9.17, 15) is 4.79 Å². The summed E-state index contributed by atoms with van der Waals surface area (Å²) in [5, 5.41) is 17.4. The predicted molar refractivity (Wildman–Crippen MR) is 117 cm³/mol. The molecule has 156 valence electrons. The Hall–Kier alpha value is -3.68. The number of amides is 1. The number of ether oxygens (including phenoxy) is 1. The lowest BCUT2D eigenvalue weighted by molar-refractivity contribution is -0.120. The first-order valence-corrected chi connectivity index (χ1v) is 9.79. The van der Waals surface area contributed by atoms with Crippen molar-refractivity contribution in [1.29, 1.82) is 0 Å². The fourth-order valence-corrected chi connectivity index (χ4v) is 2.70. The molecule has 8 heteroatoms. The lowest BCUT2D eigenvalue weighted by Gasteiger charge is -2.08. The third-order valence-corrected chi connectivity index (χ3v) is 4.39. The molecule has 0 unspecified atom stereocenters. The Morgan fingerprint density at radius 3 is 2.33 bits per heavy atom. The number of nitrogens with zero attached hydrogens (tertiary/aromatic N) is 3. The van der Waals surface area contributed by atoms with Gasteiger partial charge in [-0.3, -0.25) is 4.79 Å². The van der Waals surface area contributed by atoms with Gasteiger partial charge in [0.15, 0.2) is 5.82 Å². The van der Waals surface area contributed by atoms with Crippen LogP contribution in [-0.2, 0) is 11.2 Å². The number of pyridine rings is 1. The predicted octanol–water partition coefficient (Wildman–Crippen LogP) is 3.09. The molecule has 3 N–H and O–H groups in total. The molecule has 0 atom stereocenters. The van der Waals surface area contributed by atoms with E-state index < -0.39 is 0 Å². The molecule has 0 spiro atoms. The summed E-state index contributed by atoms with van der Waals surface area (Å²) in [6.07, 6.45) is 2.93. The fraction of sp³-hybridized carbons (Fsp3) is 0.273. The number of rotatable bonds is 10. The van der Waals surface area contributed by atoms with Gasteiger partial charge >= 0.3 is 0 Å². The van der Waals surface area contributed by atoms with Crippen molar-refractivity contribution >= 4 is 23.4 Å². The van der Waals surface area contributed by atoms with Crippen molar-refractivity contribution in [3.05, 3.63) is 65.9 Å². The molecule has 2 aromatic heterocycles. The van der Waals surface area contributed by atoms with Gasteiger partial charge in [-0.25, -0.2) is 4.98 Å². The van der Waals surface area contributed by atoms with Crippen molar-refractivity contribution in [1.82, 2.24) is 20.5 Å². The second-order valence-corrected chi connectivity index (χ2v) is 6.77. The van der Waals surface area contributed by atoms with Crippen LogP contribution < -0.4 is 20.7 Å². The number of carbonyl (C=O) groups excluding carboxylic acids is 1. The molecular weight excluding hydrogens is 380 g/mol. The van der Waals surface area contributed by atoms with E-state index in [-0.39, 0.29) is 5.91 Å². The number of hydrogen-bond acceptors (Lipinski definition) is 7. The van der Waals surface area contributed by atoms with E-state index in [0.29, 0.717) is 43.4 Å². The lowest BCUT2D eigenvalue weighted by atomic mass is 10.1. The SMILES string of the molecule is COc1ccc(CCC(=O)NCCNc2ccc(Nc3ccc(C)cn3)nn2)cc1. The zero-order chi connectivity index (χ0) is 21.2. The second-order valence-electron chi connectivity index (χ2n) is 6.77. The average Bonchev–Trinajstić information content (AvgIpc) is 2.78. The van der Waals surface area contributed by atoms with Crippen LogP contribution in [0.3, 0.4) is 0 Å². The quantitative estimate of drug-likeness (QED) is 0.445. The molecule has 1 aromatic carbocycles. The Labute approximate surface area is 176 Å². The van der Waals surface area contributed by atoms with Gasteiger partial charge in [0.05, 0.1) is 7.11 Å². The minimum absolute atomic E-state index is 0.0175. The highest BCUT2D eigenvalue weighted by Crippen LogP contribution is 2.13. The Kier molecular flexibility index (Phi) is 7.54. The molecule has 3 rings (SSSR count). The van der Waals surface area contributed by atoms with Gasteiger partial charge in [-0.1, -0.05) is 18.2 Å². The van der Waals surface area contributed by atoms with E-state index in [4.69, 9.17) is 4.74 Å². The van der Waals surface area contributed by atoms with Gasteiger partial charge in [0, 0.05) is 25.7 Å². The van der Waals surface area contributed by atoms with Crippen molar-refractivity contribution in [2.75, 3.05) is 30.8 Å². The molecule has 0 bridgehead atoms. The van der Waals surface area contributed by atoms with Crippen molar-refractivity contribution in [3.8, 4) is 5.75 Å². The monoisotopic (exact) mass is 406 g/mol. The van der Waals surface area contributed by atoms with Gasteiger partial charge in [0.2, 0.25) is 5.91 Å². The maximum Gasteiger partial charge on any atom is 0.220 e. The largest absolute Gasteiger partial charge is 0.497 e.